The fraction of sp³-hybridized carbons (Fsp3) is 0.357. The van der Waals surface area contributed by atoms with Crippen molar-refractivity contribution >= 4 is 17.5 Å². The Morgan fingerprint density at radius 1 is 1.45 bits per heavy atom. The van der Waals surface area contributed by atoms with Gasteiger partial charge in [0.05, 0.1) is 24.7 Å². The molecular formula is C14H14O6. The minimum atomic E-state index is -0.839. The van der Waals surface area contributed by atoms with E-state index < -0.39 is 17.9 Å². The van der Waals surface area contributed by atoms with Gasteiger partial charge in [0.1, 0.15) is 5.75 Å². The molecule has 0 spiro atoms. The minimum absolute atomic E-state index is 0.129. The molecule has 1 aromatic rings. The number of carbonyl (C=O) groups excluding carboxylic acids is 3. The number of methoxy groups -OCH3 is 1. The molecule has 0 fully saturated rings. The van der Waals surface area contributed by atoms with Crippen LogP contribution >= 0.6 is 0 Å². The van der Waals surface area contributed by atoms with Crippen molar-refractivity contribution < 1.29 is 29.0 Å². The van der Waals surface area contributed by atoms with Gasteiger partial charge in [-0.2, -0.15) is 0 Å². The number of hydrogen-bond donors (Lipinski definition) is 1. The second-order valence-corrected chi connectivity index (χ2v) is 4.39. The number of aliphatic hydroxyl groups is 1. The Kier molecular flexibility index (Phi) is 4.14. The third kappa shape index (κ3) is 2.70. The van der Waals surface area contributed by atoms with Crippen molar-refractivity contribution in [2.75, 3.05) is 13.7 Å². The third-order valence-electron chi connectivity index (χ3n) is 3.06. The van der Waals surface area contributed by atoms with E-state index in [1.54, 1.807) is 0 Å². The van der Waals surface area contributed by atoms with Crippen LogP contribution in [-0.2, 0) is 9.53 Å². The average Bonchev–Trinajstić information content (AvgIpc) is 2.56. The maximum Gasteiger partial charge on any atom is 0.337 e. The van der Waals surface area contributed by atoms with Crippen LogP contribution in [0.4, 0.5) is 0 Å². The van der Waals surface area contributed by atoms with E-state index in [-0.39, 0.29) is 42.1 Å². The monoisotopic (exact) mass is 278 g/mol. The predicted octanol–water partition coefficient (Wildman–Crippen LogP) is 0.758. The van der Waals surface area contributed by atoms with Crippen molar-refractivity contribution in [3.05, 3.63) is 29.3 Å². The lowest BCUT2D eigenvalue weighted by molar-refractivity contribution is -0.125. The van der Waals surface area contributed by atoms with E-state index in [1.165, 1.54) is 25.3 Å². The van der Waals surface area contributed by atoms with Crippen LogP contribution in [0.5, 0.6) is 5.75 Å². The largest absolute Gasteiger partial charge is 0.482 e. The first kappa shape index (κ1) is 14.2. The van der Waals surface area contributed by atoms with E-state index in [1.807, 2.05) is 0 Å². The number of benzene rings is 1. The maximum absolute atomic E-state index is 12.0. The molecule has 0 saturated heterocycles. The van der Waals surface area contributed by atoms with Gasteiger partial charge < -0.3 is 14.6 Å². The van der Waals surface area contributed by atoms with E-state index in [0.29, 0.717) is 0 Å². The molecule has 1 N–H and O–H groups in total. The summed E-state index contributed by atoms with van der Waals surface area (Å²) in [6.45, 7) is -0.208. The molecule has 0 radical (unpaired) electrons. The first-order valence-electron chi connectivity index (χ1n) is 6.12. The number of Topliss-reactive ketones (excluding diaryl/α,β-unsaturated/α-hetero) is 2. The third-order valence-corrected chi connectivity index (χ3v) is 3.06. The lowest BCUT2D eigenvalue weighted by atomic mass is 10.0. The molecule has 1 aromatic carbocycles. The van der Waals surface area contributed by atoms with Crippen LogP contribution in [0.15, 0.2) is 18.2 Å². The van der Waals surface area contributed by atoms with Gasteiger partial charge in [0.2, 0.25) is 0 Å². The standard InChI is InChI=1S/C14H14O6/c1-19-14(18)8-2-3-12-9(6-8)10(16)7-11(17)13(20-12)4-5-15/h2-3,6,13,15H,4-5,7H2,1H3. The second-order valence-electron chi connectivity index (χ2n) is 4.39. The molecule has 1 aliphatic heterocycles. The Balaban J connectivity index is 2.39. The zero-order chi connectivity index (χ0) is 14.7. The number of aliphatic hydroxyl groups excluding tert-OH is 1. The molecule has 106 valence electrons. The molecule has 0 aliphatic carbocycles. The molecule has 0 aromatic heterocycles. The molecular weight excluding hydrogens is 264 g/mol. The van der Waals surface area contributed by atoms with Crippen molar-refractivity contribution in [1.82, 2.24) is 0 Å². The van der Waals surface area contributed by atoms with Gasteiger partial charge in [-0.3, -0.25) is 9.59 Å². The van der Waals surface area contributed by atoms with E-state index in [2.05, 4.69) is 4.74 Å². The van der Waals surface area contributed by atoms with Crippen molar-refractivity contribution in [2.24, 2.45) is 0 Å². The Bertz CT molecular complexity index is 563. The van der Waals surface area contributed by atoms with Gasteiger partial charge in [-0.1, -0.05) is 0 Å². The summed E-state index contributed by atoms with van der Waals surface area (Å²) in [5, 5.41) is 8.91. The van der Waals surface area contributed by atoms with Crippen LogP contribution in [0.25, 0.3) is 0 Å². The summed E-state index contributed by atoms with van der Waals surface area (Å²) in [5.41, 5.74) is 0.401. The fourth-order valence-corrected chi connectivity index (χ4v) is 2.02. The first-order valence-corrected chi connectivity index (χ1v) is 6.12. The highest BCUT2D eigenvalue weighted by Gasteiger charge is 2.30. The highest BCUT2D eigenvalue weighted by atomic mass is 16.5. The highest BCUT2D eigenvalue weighted by molar-refractivity contribution is 6.12. The van der Waals surface area contributed by atoms with Crippen molar-refractivity contribution in [3.8, 4) is 5.75 Å². The zero-order valence-corrected chi connectivity index (χ0v) is 10.9. The predicted molar refractivity (Wildman–Crippen MR) is 67.9 cm³/mol. The van der Waals surface area contributed by atoms with Crippen molar-refractivity contribution in [1.29, 1.82) is 0 Å². The molecule has 20 heavy (non-hydrogen) atoms. The number of carbonyl (C=O) groups is 3. The van der Waals surface area contributed by atoms with Gasteiger partial charge in [-0.05, 0) is 18.2 Å². The van der Waals surface area contributed by atoms with Gasteiger partial charge >= 0.3 is 5.97 Å². The Labute approximate surface area is 115 Å². The summed E-state index contributed by atoms with van der Waals surface area (Å²) in [7, 11) is 1.24. The van der Waals surface area contributed by atoms with E-state index in [0.717, 1.165) is 0 Å². The molecule has 1 heterocycles. The number of fused-ring (bicyclic) bond motifs is 1. The number of ether oxygens (including phenoxy) is 2. The van der Waals surface area contributed by atoms with E-state index in [9.17, 15) is 14.4 Å². The topological polar surface area (TPSA) is 89.9 Å². The summed E-state index contributed by atoms with van der Waals surface area (Å²) in [5.74, 6) is -1.11. The molecule has 0 saturated carbocycles. The van der Waals surface area contributed by atoms with E-state index in [4.69, 9.17) is 9.84 Å². The molecule has 6 heteroatoms. The van der Waals surface area contributed by atoms with Crippen molar-refractivity contribution in [3.63, 3.8) is 0 Å². The molecule has 6 nitrogen and oxygen atoms in total. The molecule has 1 unspecified atom stereocenters. The lowest BCUT2D eigenvalue weighted by Crippen LogP contribution is -2.27. The second kappa shape index (κ2) is 5.83. The molecule has 0 amide bonds. The Hall–Kier alpha value is -2.21. The Morgan fingerprint density at radius 3 is 2.85 bits per heavy atom. The van der Waals surface area contributed by atoms with Gasteiger partial charge in [0.25, 0.3) is 0 Å². The van der Waals surface area contributed by atoms with Crippen LogP contribution in [0, 0.1) is 0 Å². The summed E-state index contributed by atoms with van der Waals surface area (Å²) in [6.07, 6.45) is -1.01. The number of rotatable bonds is 3. The average molecular weight is 278 g/mol. The lowest BCUT2D eigenvalue weighted by Gasteiger charge is -2.14. The normalized spacial score (nSPS) is 18.0. The SMILES string of the molecule is COC(=O)c1ccc2c(c1)C(=O)CC(=O)C(CCO)O2. The van der Waals surface area contributed by atoms with E-state index >= 15 is 0 Å². The van der Waals surface area contributed by atoms with Gasteiger partial charge in [0.15, 0.2) is 17.7 Å². The number of hydrogen-bond acceptors (Lipinski definition) is 6. The smallest absolute Gasteiger partial charge is 0.337 e. The first-order chi connectivity index (χ1) is 9.56. The van der Waals surface area contributed by atoms with Crippen LogP contribution in [0.3, 0.4) is 0 Å². The molecule has 0 bridgehead atoms. The van der Waals surface area contributed by atoms with Crippen LogP contribution in [-0.4, -0.2) is 42.5 Å². The summed E-state index contributed by atoms with van der Waals surface area (Å²) in [4.78, 5) is 35.3. The minimum Gasteiger partial charge on any atom is -0.482 e. The van der Waals surface area contributed by atoms with Gasteiger partial charge in [-0.15, -0.1) is 0 Å². The quantitative estimate of drug-likeness (QED) is 0.648. The van der Waals surface area contributed by atoms with Gasteiger partial charge in [0, 0.05) is 13.0 Å². The number of ketones is 2. The molecule has 2 rings (SSSR count). The van der Waals surface area contributed by atoms with Gasteiger partial charge in [-0.25, -0.2) is 4.79 Å². The highest BCUT2D eigenvalue weighted by Crippen LogP contribution is 2.27. The van der Waals surface area contributed by atoms with Crippen molar-refractivity contribution in [2.45, 2.75) is 18.9 Å². The zero-order valence-electron chi connectivity index (χ0n) is 10.9. The van der Waals surface area contributed by atoms with Crippen LogP contribution in [0.2, 0.25) is 0 Å². The summed E-state index contributed by atoms with van der Waals surface area (Å²) < 4.78 is 10.0. The molecule has 1 aliphatic rings. The van der Waals surface area contributed by atoms with Crippen LogP contribution < -0.4 is 4.74 Å². The maximum atomic E-state index is 12.0. The fourth-order valence-electron chi connectivity index (χ4n) is 2.02. The van der Waals surface area contributed by atoms with Crippen LogP contribution in [0.1, 0.15) is 33.6 Å². The summed E-state index contributed by atoms with van der Waals surface area (Å²) >= 11 is 0. The molecule has 1 atom stereocenters. The number of esters is 1. The Morgan fingerprint density at radius 2 is 2.20 bits per heavy atom. The summed E-state index contributed by atoms with van der Waals surface area (Å²) in [6, 6.07) is 4.28.